The largest absolute Gasteiger partial charge is 0.338 e. The lowest BCUT2D eigenvalue weighted by Gasteiger charge is -2.15. The second-order valence-corrected chi connectivity index (χ2v) is 3.93. The number of carbonyl (C=O) groups is 1. The molecule has 0 aliphatic heterocycles. The molecule has 0 aliphatic rings. The molecule has 0 heterocycles. The first-order valence-electron chi connectivity index (χ1n) is 4.38. The van der Waals surface area contributed by atoms with Gasteiger partial charge in [-0.2, -0.15) is 0 Å². The first-order chi connectivity index (χ1) is 7.07. The molecule has 15 heavy (non-hydrogen) atoms. The molecule has 1 aromatic carbocycles. The van der Waals surface area contributed by atoms with Crippen LogP contribution in [0.15, 0.2) is 35.3 Å². The van der Waals surface area contributed by atoms with E-state index in [0.717, 1.165) is 0 Å². The van der Waals surface area contributed by atoms with Crippen LogP contribution < -0.4 is 0 Å². The highest BCUT2D eigenvalue weighted by Gasteiger charge is 2.16. The van der Waals surface area contributed by atoms with Crippen LogP contribution in [-0.4, -0.2) is 24.4 Å². The fourth-order valence-corrected chi connectivity index (χ4v) is 1.52. The zero-order valence-corrected chi connectivity index (χ0v) is 9.92. The fraction of sp³-hybridized carbons (Fsp3) is 0.182. The highest BCUT2D eigenvalue weighted by Crippen LogP contribution is 2.19. The second kappa shape index (κ2) is 5.07. The minimum Gasteiger partial charge on any atom is -0.338 e. The number of benzene rings is 1. The Labute approximate surface area is 96.5 Å². The topological polar surface area (TPSA) is 20.3 Å². The predicted octanol–water partition coefficient (Wildman–Crippen LogP) is 2.85. The molecule has 0 spiro atoms. The molecule has 1 aromatic rings. The lowest BCUT2D eigenvalue weighted by atomic mass is 10.2. The molecular weight excluding hydrogens is 261 g/mol. The van der Waals surface area contributed by atoms with Crippen molar-refractivity contribution in [1.29, 1.82) is 0 Å². The zero-order chi connectivity index (χ0) is 11.4. The molecule has 0 radical (unpaired) electrons. The lowest BCUT2D eigenvalue weighted by molar-refractivity contribution is 0.0805. The van der Waals surface area contributed by atoms with Crippen molar-refractivity contribution in [2.45, 2.75) is 0 Å². The molecule has 80 valence electrons. The van der Waals surface area contributed by atoms with Crippen LogP contribution in [0.5, 0.6) is 0 Å². The van der Waals surface area contributed by atoms with E-state index >= 15 is 0 Å². The third kappa shape index (κ3) is 2.65. The summed E-state index contributed by atoms with van der Waals surface area (Å²) in [5.74, 6) is -0.882. The molecule has 0 atom stereocenters. The molecule has 0 aromatic heterocycles. The Bertz CT molecular complexity index is 392. The van der Waals surface area contributed by atoms with Crippen LogP contribution in [0.25, 0.3) is 0 Å². The first-order valence-corrected chi connectivity index (χ1v) is 5.17. The summed E-state index contributed by atoms with van der Waals surface area (Å²) in [4.78, 5) is 13.1. The van der Waals surface area contributed by atoms with Gasteiger partial charge in [-0.15, -0.1) is 6.58 Å². The quantitative estimate of drug-likeness (QED) is 0.775. The summed E-state index contributed by atoms with van der Waals surface area (Å²) in [6, 6.07) is 4.64. The number of halogens is 2. The van der Waals surface area contributed by atoms with Crippen molar-refractivity contribution >= 4 is 21.8 Å². The molecule has 1 rings (SSSR count). The summed E-state index contributed by atoms with van der Waals surface area (Å²) in [7, 11) is 1.60. The van der Waals surface area contributed by atoms with E-state index in [9.17, 15) is 9.18 Å². The van der Waals surface area contributed by atoms with Crippen molar-refractivity contribution in [3.05, 3.63) is 46.7 Å². The maximum atomic E-state index is 13.5. The van der Waals surface area contributed by atoms with Gasteiger partial charge in [-0.05, 0) is 28.1 Å². The third-order valence-electron chi connectivity index (χ3n) is 1.93. The zero-order valence-electron chi connectivity index (χ0n) is 8.34. The monoisotopic (exact) mass is 271 g/mol. The van der Waals surface area contributed by atoms with E-state index in [1.165, 1.54) is 11.0 Å². The van der Waals surface area contributed by atoms with E-state index in [2.05, 4.69) is 22.5 Å². The van der Waals surface area contributed by atoms with Crippen LogP contribution in [0.4, 0.5) is 4.39 Å². The van der Waals surface area contributed by atoms with Gasteiger partial charge in [0.05, 0.1) is 10.0 Å². The molecule has 0 N–H and O–H groups in total. The van der Waals surface area contributed by atoms with Crippen LogP contribution in [0.1, 0.15) is 10.4 Å². The Hall–Kier alpha value is -1.16. The van der Waals surface area contributed by atoms with Gasteiger partial charge in [0.1, 0.15) is 5.82 Å². The number of nitrogens with zero attached hydrogens (tertiary/aromatic N) is 1. The summed E-state index contributed by atoms with van der Waals surface area (Å²) in [6.07, 6.45) is 1.59. The van der Waals surface area contributed by atoms with Gasteiger partial charge in [0, 0.05) is 13.6 Å². The summed E-state index contributed by atoms with van der Waals surface area (Å²) >= 11 is 3.04. The number of hydrogen-bond acceptors (Lipinski definition) is 1. The standard InChI is InChI=1S/C11H11BrFNO/c1-3-7-14(2)11(15)8-5-4-6-9(12)10(8)13/h3-6H,1,7H2,2H3. The molecular formula is C11H11BrFNO. The van der Waals surface area contributed by atoms with Crippen molar-refractivity contribution < 1.29 is 9.18 Å². The summed E-state index contributed by atoms with van der Waals surface area (Å²) in [5.41, 5.74) is 0.0636. The van der Waals surface area contributed by atoms with Gasteiger partial charge < -0.3 is 4.90 Å². The van der Waals surface area contributed by atoms with Gasteiger partial charge in [-0.25, -0.2) is 4.39 Å². The third-order valence-corrected chi connectivity index (χ3v) is 2.54. The maximum absolute atomic E-state index is 13.5. The van der Waals surface area contributed by atoms with Crippen LogP contribution in [0.3, 0.4) is 0 Å². The van der Waals surface area contributed by atoms with E-state index in [1.807, 2.05) is 0 Å². The maximum Gasteiger partial charge on any atom is 0.256 e. The van der Waals surface area contributed by atoms with Crippen LogP contribution in [0.2, 0.25) is 0 Å². The van der Waals surface area contributed by atoms with Crippen molar-refractivity contribution in [3.8, 4) is 0 Å². The predicted molar refractivity (Wildman–Crippen MR) is 61.3 cm³/mol. The van der Waals surface area contributed by atoms with E-state index in [4.69, 9.17) is 0 Å². The van der Waals surface area contributed by atoms with Gasteiger partial charge in [-0.3, -0.25) is 4.79 Å². The molecule has 0 saturated carbocycles. The van der Waals surface area contributed by atoms with E-state index < -0.39 is 5.82 Å². The Kier molecular flexibility index (Phi) is 4.03. The SMILES string of the molecule is C=CCN(C)C(=O)c1cccc(Br)c1F. The van der Waals surface area contributed by atoms with Gasteiger partial charge in [0.25, 0.3) is 5.91 Å². The van der Waals surface area contributed by atoms with E-state index in [0.29, 0.717) is 11.0 Å². The molecule has 4 heteroatoms. The highest BCUT2D eigenvalue weighted by molar-refractivity contribution is 9.10. The molecule has 0 fully saturated rings. The van der Waals surface area contributed by atoms with Crippen molar-refractivity contribution in [2.75, 3.05) is 13.6 Å². The highest BCUT2D eigenvalue weighted by atomic mass is 79.9. The number of rotatable bonds is 3. The molecule has 0 unspecified atom stereocenters. The minimum absolute atomic E-state index is 0.0636. The van der Waals surface area contributed by atoms with E-state index in [1.54, 1.807) is 25.3 Å². The number of hydrogen-bond donors (Lipinski definition) is 0. The smallest absolute Gasteiger partial charge is 0.256 e. The Morgan fingerprint density at radius 1 is 1.67 bits per heavy atom. The number of likely N-dealkylation sites (N-methyl/N-ethyl adjacent to an activating group) is 1. The van der Waals surface area contributed by atoms with Crippen molar-refractivity contribution in [1.82, 2.24) is 4.90 Å². The number of carbonyl (C=O) groups excluding carboxylic acids is 1. The van der Waals surface area contributed by atoms with Crippen molar-refractivity contribution in [3.63, 3.8) is 0 Å². The molecule has 0 bridgehead atoms. The van der Waals surface area contributed by atoms with Crippen molar-refractivity contribution in [2.24, 2.45) is 0 Å². The van der Waals surface area contributed by atoms with Crippen LogP contribution in [-0.2, 0) is 0 Å². The Morgan fingerprint density at radius 3 is 2.93 bits per heavy atom. The Morgan fingerprint density at radius 2 is 2.33 bits per heavy atom. The Balaban J connectivity index is 3.01. The summed E-state index contributed by atoms with van der Waals surface area (Å²) in [6.45, 7) is 3.91. The van der Waals surface area contributed by atoms with Gasteiger partial charge in [0.15, 0.2) is 0 Å². The van der Waals surface area contributed by atoms with Gasteiger partial charge in [-0.1, -0.05) is 12.1 Å². The van der Waals surface area contributed by atoms with Gasteiger partial charge >= 0.3 is 0 Å². The average Bonchev–Trinajstić information content (AvgIpc) is 2.21. The molecule has 0 aliphatic carbocycles. The van der Waals surface area contributed by atoms with Crippen LogP contribution >= 0.6 is 15.9 Å². The van der Waals surface area contributed by atoms with Crippen LogP contribution in [0, 0.1) is 5.82 Å². The lowest BCUT2D eigenvalue weighted by Crippen LogP contribution is -2.27. The summed E-state index contributed by atoms with van der Waals surface area (Å²) in [5, 5.41) is 0. The summed E-state index contributed by atoms with van der Waals surface area (Å²) < 4.78 is 13.8. The molecule has 0 saturated heterocycles. The molecule has 1 amide bonds. The average molecular weight is 272 g/mol. The second-order valence-electron chi connectivity index (χ2n) is 3.08. The van der Waals surface area contributed by atoms with Gasteiger partial charge in [0.2, 0.25) is 0 Å². The number of amides is 1. The fourth-order valence-electron chi connectivity index (χ4n) is 1.15. The van der Waals surface area contributed by atoms with E-state index in [-0.39, 0.29) is 11.5 Å². The minimum atomic E-state index is -0.529. The molecule has 2 nitrogen and oxygen atoms in total. The first kappa shape index (κ1) is 11.9. The normalized spacial score (nSPS) is 9.80.